The lowest BCUT2D eigenvalue weighted by Crippen LogP contribution is -2.57. The first-order valence-electron chi connectivity index (χ1n) is 7.53. The fourth-order valence-corrected chi connectivity index (χ4v) is 3.97. The number of aliphatic imine (C=N–C) groups is 1. The monoisotopic (exact) mass is 275 g/mol. The third kappa shape index (κ3) is 1.98. The summed E-state index contributed by atoms with van der Waals surface area (Å²) in [5, 5.41) is 0. The average Bonchev–Trinajstić information content (AvgIpc) is 2.77. The van der Waals surface area contributed by atoms with E-state index < -0.39 is 0 Å². The van der Waals surface area contributed by atoms with Gasteiger partial charge in [0, 0.05) is 5.69 Å². The van der Waals surface area contributed by atoms with Crippen LogP contribution in [-0.2, 0) is 0 Å². The summed E-state index contributed by atoms with van der Waals surface area (Å²) in [6.07, 6.45) is 5.90. The van der Waals surface area contributed by atoms with Crippen LogP contribution in [0.1, 0.15) is 39.0 Å². The molecule has 0 aromatic heterocycles. The lowest BCUT2D eigenvalue weighted by Gasteiger charge is -2.47. The second-order valence-electron chi connectivity index (χ2n) is 5.94. The van der Waals surface area contributed by atoms with E-state index >= 15 is 0 Å². The summed E-state index contributed by atoms with van der Waals surface area (Å²) in [6.45, 7) is 2.98. The van der Waals surface area contributed by atoms with E-state index in [-0.39, 0.29) is 11.4 Å². The van der Waals surface area contributed by atoms with Crippen molar-refractivity contribution in [3.05, 3.63) is 30.1 Å². The molecule has 1 saturated carbocycles. The zero-order valence-corrected chi connectivity index (χ0v) is 12.0. The molecule has 1 aromatic rings. The Morgan fingerprint density at radius 3 is 3.05 bits per heavy atom. The van der Waals surface area contributed by atoms with Crippen molar-refractivity contribution in [2.24, 2.45) is 16.6 Å². The van der Waals surface area contributed by atoms with Gasteiger partial charge in [0.15, 0.2) is 5.96 Å². The molecule has 1 heterocycles. The summed E-state index contributed by atoms with van der Waals surface area (Å²) >= 11 is 0. The maximum Gasteiger partial charge on any atom is 0.196 e. The van der Waals surface area contributed by atoms with Crippen LogP contribution in [0.4, 0.5) is 10.1 Å². The van der Waals surface area contributed by atoms with E-state index in [4.69, 9.17) is 5.73 Å². The molecule has 0 amide bonds. The standard InChI is InChI=1S/C16H22FN3/c1-2-12-6-3-4-9-16(12)11-19-15(18)20(16)14-8-5-7-13(17)10-14/h5,7-8,10,12H,2-4,6,9,11H2,1H3,(H2,18,19). The first-order chi connectivity index (χ1) is 9.67. The molecular formula is C16H22FN3. The molecule has 1 fully saturated rings. The summed E-state index contributed by atoms with van der Waals surface area (Å²) in [7, 11) is 0. The minimum atomic E-state index is -0.221. The SMILES string of the molecule is CCC1CCCCC12CN=C(N)N2c1cccc(F)c1. The first kappa shape index (κ1) is 13.4. The molecule has 1 aliphatic carbocycles. The molecular weight excluding hydrogens is 253 g/mol. The summed E-state index contributed by atoms with van der Waals surface area (Å²) in [6, 6.07) is 6.71. The molecule has 20 heavy (non-hydrogen) atoms. The Balaban J connectivity index is 2.03. The zero-order chi connectivity index (χ0) is 14.2. The molecule has 2 atom stereocenters. The molecule has 3 rings (SSSR count). The van der Waals surface area contributed by atoms with Crippen LogP contribution in [0.2, 0.25) is 0 Å². The Bertz CT molecular complexity index is 528. The number of guanidine groups is 1. The van der Waals surface area contributed by atoms with Crippen molar-refractivity contribution >= 4 is 11.6 Å². The third-order valence-corrected chi connectivity index (χ3v) is 4.92. The molecule has 2 unspecified atom stereocenters. The number of nitrogens with zero attached hydrogens (tertiary/aromatic N) is 2. The van der Waals surface area contributed by atoms with Crippen LogP contribution in [0.15, 0.2) is 29.3 Å². The predicted molar refractivity (Wildman–Crippen MR) is 80.3 cm³/mol. The van der Waals surface area contributed by atoms with Gasteiger partial charge in [-0.3, -0.25) is 4.99 Å². The highest BCUT2D eigenvalue weighted by molar-refractivity contribution is 5.98. The van der Waals surface area contributed by atoms with E-state index in [1.54, 1.807) is 12.1 Å². The maximum absolute atomic E-state index is 13.6. The molecule has 2 aliphatic rings. The second-order valence-corrected chi connectivity index (χ2v) is 5.94. The second kappa shape index (κ2) is 5.08. The van der Waals surface area contributed by atoms with Crippen molar-refractivity contribution in [2.45, 2.75) is 44.6 Å². The van der Waals surface area contributed by atoms with E-state index in [2.05, 4.69) is 16.8 Å². The highest BCUT2D eigenvalue weighted by atomic mass is 19.1. The summed E-state index contributed by atoms with van der Waals surface area (Å²) in [5.74, 6) is 0.890. The normalized spacial score (nSPS) is 29.8. The van der Waals surface area contributed by atoms with Gasteiger partial charge in [0.2, 0.25) is 0 Å². The lowest BCUT2D eigenvalue weighted by molar-refractivity contribution is 0.201. The summed E-state index contributed by atoms with van der Waals surface area (Å²) < 4.78 is 13.6. The molecule has 1 aromatic carbocycles. The number of hydrogen-bond donors (Lipinski definition) is 1. The number of hydrogen-bond acceptors (Lipinski definition) is 3. The number of halogens is 1. The lowest BCUT2D eigenvalue weighted by atomic mass is 9.70. The Labute approximate surface area is 119 Å². The molecule has 0 radical (unpaired) electrons. The summed E-state index contributed by atoms with van der Waals surface area (Å²) in [4.78, 5) is 6.60. The van der Waals surface area contributed by atoms with Gasteiger partial charge in [-0.2, -0.15) is 0 Å². The Morgan fingerprint density at radius 2 is 2.30 bits per heavy atom. The van der Waals surface area contributed by atoms with E-state index in [1.807, 2.05) is 6.07 Å². The van der Waals surface area contributed by atoms with Gasteiger partial charge in [-0.25, -0.2) is 4.39 Å². The van der Waals surface area contributed by atoms with Gasteiger partial charge in [-0.05, 0) is 37.0 Å². The van der Waals surface area contributed by atoms with Gasteiger partial charge in [0.05, 0.1) is 12.1 Å². The van der Waals surface area contributed by atoms with Crippen LogP contribution in [0, 0.1) is 11.7 Å². The third-order valence-electron chi connectivity index (χ3n) is 4.92. The van der Waals surface area contributed by atoms with E-state index in [0.717, 1.165) is 25.1 Å². The van der Waals surface area contributed by atoms with Gasteiger partial charge in [-0.1, -0.05) is 32.3 Å². The number of nitrogens with two attached hydrogens (primary N) is 1. The predicted octanol–water partition coefficient (Wildman–Crippen LogP) is 3.30. The maximum atomic E-state index is 13.6. The van der Waals surface area contributed by atoms with Crippen LogP contribution < -0.4 is 10.6 Å². The first-order valence-corrected chi connectivity index (χ1v) is 7.53. The van der Waals surface area contributed by atoms with Gasteiger partial charge in [-0.15, -0.1) is 0 Å². The highest BCUT2D eigenvalue weighted by Gasteiger charge is 2.49. The zero-order valence-electron chi connectivity index (χ0n) is 12.0. The van der Waals surface area contributed by atoms with Crippen molar-refractivity contribution in [3.8, 4) is 0 Å². The number of anilines is 1. The molecule has 1 aliphatic heterocycles. The van der Waals surface area contributed by atoms with Crippen LogP contribution >= 0.6 is 0 Å². The van der Waals surface area contributed by atoms with Crippen LogP contribution in [0.3, 0.4) is 0 Å². The highest BCUT2D eigenvalue weighted by Crippen LogP contribution is 2.44. The van der Waals surface area contributed by atoms with E-state index in [0.29, 0.717) is 11.9 Å². The van der Waals surface area contributed by atoms with Crippen molar-refractivity contribution < 1.29 is 4.39 Å². The fraction of sp³-hybridized carbons (Fsp3) is 0.562. The van der Waals surface area contributed by atoms with Crippen molar-refractivity contribution in [2.75, 3.05) is 11.4 Å². The van der Waals surface area contributed by atoms with Gasteiger partial charge >= 0.3 is 0 Å². The van der Waals surface area contributed by atoms with E-state index in [9.17, 15) is 4.39 Å². The van der Waals surface area contributed by atoms with Gasteiger partial charge in [0.1, 0.15) is 5.82 Å². The molecule has 108 valence electrons. The van der Waals surface area contributed by atoms with E-state index in [1.165, 1.54) is 25.3 Å². The largest absolute Gasteiger partial charge is 0.369 e. The Morgan fingerprint density at radius 1 is 1.45 bits per heavy atom. The molecule has 1 spiro atoms. The van der Waals surface area contributed by atoms with Crippen LogP contribution in [0.25, 0.3) is 0 Å². The smallest absolute Gasteiger partial charge is 0.196 e. The van der Waals surface area contributed by atoms with Crippen molar-refractivity contribution in [3.63, 3.8) is 0 Å². The topological polar surface area (TPSA) is 41.6 Å². The average molecular weight is 275 g/mol. The van der Waals surface area contributed by atoms with Gasteiger partial charge in [0.25, 0.3) is 0 Å². The molecule has 0 bridgehead atoms. The Hall–Kier alpha value is -1.58. The van der Waals surface area contributed by atoms with Crippen molar-refractivity contribution in [1.82, 2.24) is 0 Å². The molecule has 0 saturated heterocycles. The van der Waals surface area contributed by atoms with Crippen molar-refractivity contribution in [1.29, 1.82) is 0 Å². The van der Waals surface area contributed by atoms with Gasteiger partial charge < -0.3 is 10.6 Å². The number of rotatable bonds is 2. The fourth-order valence-electron chi connectivity index (χ4n) is 3.97. The molecule has 4 heteroatoms. The number of benzene rings is 1. The molecule has 2 N–H and O–H groups in total. The minimum Gasteiger partial charge on any atom is -0.369 e. The van der Waals surface area contributed by atoms with Crippen LogP contribution in [-0.4, -0.2) is 18.0 Å². The quantitative estimate of drug-likeness (QED) is 0.899. The summed E-state index contributed by atoms with van der Waals surface area (Å²) in [5.41, 5.74) is 6.94. The molecule has 3 nitrogen and oxygen atoms in total. The Kier molecular flexibility index (Phi) is 3.40. The minimum absolute atomic E-state index is 0.0368. The van der Waals surface area contributed by atoms with Crippen LogP contribution in [0.5, 0.6) is 0 Å².